The molecule has 2 aromatic heterocycles. The van der Waals surface area contributed by atoms with Gasteiger partial charge in [0, 0.05) is 0 Å². The first kappa shape index (κ1) is 12.6. The Hall–Kier alpha value is -1.86. The number of aromatic nitrogens is 4. The molecule has 2 heterocycles. The summed E-state index contributed by atoms with van der Waals surface area (Å²) in [4.78, 5) is 19.4. The second-order valence-corrected chi connectivity index (χ2v) is 3.84. The van der Waals surface area contributed by atoms with Gasteiger partial charge in [-0.05, 0) is 12.1 Å². The number of carbonyl (C=O) groups excluding carboxylic acids is 1. The van der Waals surface area contributed by atoms with Crippen LogP contribution in [-0.4, -0.2) is 33.2 Å². The van der Waals surface area contributed by atoms with Crippen LogP contribution in [0.2, 0.25) is 10.3 Å². The third kappa shape index (κ3) is 2.69. The van der Waals surface area contributed by atoms with E-state index in [1.165, 1.54) is 19.2 Å². The van der Waals surface area contributed by atoms with Crippen molar-refractivity contribution in [3.8, 4) is 6.01 Å². The molecule has 0 saturated heterocycles. The van der Waals surface area contributed by atoms with Crippen LogP contribution < -0.4 is 10.1 Å². The monoisotopic (exact) mass is 287 g/mol. The van der Waals surface area contributed by atoms with Crippen LogP contribution in [0, 0.1) is 0 Å². The van der Waals surface area contributed by atoms with E-state index in [1.54, 1.807) is 0 Å². The number of H-pyrrole nitrogens is 1. The predicted octanol–water partition coefficient (Wildman–Crippen LogP) is 1.77. The molecule has 2 aromatic rings. The maximum atomic E-state index is 11.8. The molecule has 1 amide bonds. The quantitative estimate of drug-likeness (QED) is 0.839. The van der Waals surface area contributed by atoms with Gasteiger partial charge in [0.25, 0.3) is 5.91 Å². The molecule has 0 spiro atoms. The molecule has 0 aromatic carbocycles. The average Bonchev–Trinajstić information content (AvgIpc) is 2.76. The number of aromatic amines is 1. The Kier molecular flexibility index (Phi) is 3.63. The topological polar surface area (TPSA) is 92.8 Å². The summed E-state index contributed by atoms with van der Waals surface area (Å²) in [6, 6.07) is 3.04. The molecule has 0 atom stereocenters. The van der Waals surface area contributed by atoms with E-state index in [4.69, 9.17) is 27.9 Å². The number of ether oxygens (including phenoxy) is 1. The summed E-state index contributed by atoms with van der Waals surface area (Å²) in [5, 5.41) is 8.83. The number of carbonyl (C=O) groups is 1. The van der Waals surface area contributed by atoms with Gasteiger partial charge in [-0.2, -0.15) is 4.98 Å². The maximum absolute atomic E-state index is 11.8. The van der Waals surface area contributed by atoms with E-state index < -0.39 is 5.91 Å². The summed E-state index contributed by atoms with van der Waals surface area (Å²) in [6.07, 6.45) is 0. The lowest BCUT2D eigenvalue weighted by molar-refractivity contribution is 0.102. The summed E-state index contributed by atoms with van der Waals surface area (Å²) in [7, 11) is 1.41. The van der Waals surface area contributed by atoms with Crippen molar-refractivity contribution in [3.05, 3.63) is 28.0 Å². The van der Waals surface area contributed by atoms with Crippen LogP contribution >= 0.6 is 23.2 Å². The van der Waals surface area contributed by atoms with Gasteiger partial charge in [-0.3, -0.25) is 10.1 Å². The fraction of sp³-hybridized carbons (Fsp3) is 0.111. The first-order chi connectivity index (χ1) is 8.60. The average molecular weight is 288 g/mol. The Bertz CT molecular complexity index is 586. The van der Waals surface area contributed by atoms with E-state index >= 15 is 0 Å². The van der Waals surface area contributed by atoms with Crippen LogP contribution in [0.4, 0.5) is 5.95 Å². The highest BCUT2D eigenvalue weighted by Crippen LogP contribution is 2.17. The van der Waals surface area contributed by atoms with E-state index in [2.05, 4.69) is 25.5 Å². The molecule has 9 heteroatoms. The zero-order valence-corrected chi connectivity index (χ0v) is 10.6. The minimum absolute atomic E-state index is 0.00600. The summed E-state index contributed by atoms with van der Waals surface area (Å²) < 4.78 is 4.76. The number of hydrogen-bond acceptors (Lipinski definition) is 5. The molecular weight excluding hydrogens is 281 g/mol. The van der Waals surface area contributed by atoms with Crippen LogP contribution in [0.3, 0.4) is 0 Å². The Morgan fingerprint density at radius 3 is 2.78 bits per heavy atom. The number of hydrogen-bond donors (Lipinski definition) is 2. The number of amides is 1. The zero-order valence-electron chi connectivity index (χ0n) is 9.07. The molecule has 0 aliphatic heterocycles. The summed E-state index contributed by atoms with van der Waals surface area (Å²) in [5.41, 5.74) is 0.177. The van der Waals surface area contributed by atoms with Crippen LogP contribution in [0.15, 0.2) is 12.1 Å². The molecule has 7 nitrogen and oxygen atoms in total. The lowest BCUT2D eigenvalue weighted by Crippen LogP contribution is -2.14. The largest absolute Gasteiger partial charge is 0.466 e. The molecule has 0 aliphatic carbocycles. The Morgan fingerprint density at radius 2 is 2.17 bits per heavy atom. The van der Waals surface area contributed by atoms with E-state index in [9.17, 15) is 4.79 Å². The van der Waals surface area contributed by atoms with Crippen LogP contribution in [0.25, 0.3) is 0 Å². The van der Waals surface area contributed by atoms with Gasteiger partial charge in [0.1, 0.15) is 10.3 Å². The smallest absolute Gasteiger partial charge is 0.336 e. The lowest BCUT2D eigenvalue weighted by atomic mass is 10.3. The lowest BCUT2D eigenvalue weighted by Gasteiger charge is -2.03. The molecule has 94 valence electrons. The van der Waals surface area contributed by atoms with Crippen molar-refractivity contribution in [2.45, 2.75) is 0 Å². The van der Waals surface area contributed by atoms with Crippen molar-refractivity contribution >= 4 is 35.1 Å². The van der Waals surface area contributed by atoms with E-state index in [-0.39, 0.29) is 27.8 Å². The molecule has 18 heavy (non-hydrogen) atoms. The van der Waals surface area contributed by atoms with Gasteiger partial charge >= 0.3 is 6.01 Å². The minimum atomic E-state index is -0.483. The van der Waals surface area contributed by atoms with Crippen molar-refractivity contribution in [2.75, 3.05) is 12.4 Å². The first-order valence-electron chi connectivity index (χ1n) is 4.70. The number of methoxy groups -OCH3 is 1. The highest BCUT2D eigenvalue weighted by molar-refractivity contribution is 6.35. The van der Waals surface area contributed by atoms with Crippen molar-refractivity contribution < 1.29 is 9.53 Å². The van der Waals surface area contributed by atoms with E-state index in [1.807, 2.05) is 0 Å². The summed E-state index contributed by atoms with van der Waals surface area (Å²) >= 11 is 11.4. The zero-order chi connectivity index (χ0) is 13.1. The molecule has 0 saturated carbocycles. The third-order valence-corrected chi connectivity index (χ3v) is 2.44. The van der Waals surface area contributed by atoms with Crippen molar-refractivity contribution in [1.82, 2.24) is 20.2 Å². The van der Waals surface area contributed by atoms with Gasteiger partial charge in [-0.1, -0.05) is 23.2 Å². The normalized spacial score (nSPS) is 10.2. The number of anilines is 1. The second kappa shape index (κ2) is 5.19. The third-order valence-electron chi connectivity index (χ3n) is 1.94. The highest BCUT2D eigenvalue weighted by atomic mass is 35.5. The number of rotatable bonds is 3. The van der Waals surface area contributed by atoms with Crippen molar-refractivity contribution in [3.63, 3.8) is 0 Å². The summed E-state index contributed by atoms with van der Waals surface area (Å²) in [6.45, 7) is 0. The fourth-order valence-electron chi connectivity index (χ4n) is 1.15. The number of halogens is 2. The predicted molar refractivity (Wildman–Crippen MR) is 65.1 cm³/mol. The molecule has 0 fully saturated rings. The second-order valence-electron chi connectivity index (χ2n) is 3.10. The van der Waals surface area contributed by atoms with Crippen molar-refractivity contribution in [2.24, 2.45) is 0 Å². The Labute approximate surface area is 111 Å². The number of pyridine rings is 1. The van der Waals surface area contributed by atoms with Gasteiger partial charge in [0.2, 0.25) is 5.95 Å². The van der Waals surface area contributed by atoms with Crippen LogP contribution in [0.5, 0.6) is 6.01 Å². The van der Waals surface area contributed by atoms with Gasteiger partial charge < -0.3 is 4.74 Å². The molecule has 0 bridgehead atoms. The van der Waals surface area contributed by atoms with Gasteiger partial charge in [-0.25, -0.2) is 10.1 Å². The molecular formula is C9H7Cl2N5O2. The molecule has 0 unspecified atom stereocenters. The number of nitrogens with zero attached hydrogens (tertiary/aromatic N) is 3. The van der Waals surface area contributed by atoms with E-state index in [0.717, 1.165) is 0 Å². The highest BCUT2D eigenvalue weighted by Gasteiger charge is 2.14. The Balaban J connectivity index is 2.16. The standard InChI is InChI=1S/C9H7Cl2N5O2/c1-18-9-14-8(15-16-9)13-7(17)4-2-3-5(10)12-6(4)11/h2-3H,1H3,(H2,13,14,15,16,17). The van der Waals surface area contributed by atoms with Crippen molar-refractivity contribution in [1.29, 1.82) is 0 Å². The van der Waals surface area contributed by atoms with Gasteiger partial charge in [0.15, 0.2) is 0 Å². The molecule has 0 radical (unpaired) electrons. The van der Waals surface area contributed by atoms with Gasteiger partial charge in [-0.15, -0.1) is 5.10 Å². The summed E-state index contributed by atoms with van der Waals surface area (Å²) in [5.74, 6) is -0.342. The van der Waals surface area contributed by atoms with Crippen LogP contribution in [-0.2, 0) is 0 Å². The van der Waals surface area contributed by atoms with E-state index in [0.29, 0.717) is 0 Å². The minimum Gasteiger partial charge on any atom is -0.466 e. The maximum Gasteiger partial charge on any atom is 0.336 e. The fourth-order valence-corrected chi connectivity index (χ4v) is 1.58. The molecule has 0 aliphatic rings. The number of nitrogens with one attached hydrogen (secondary N) is 2. The molecule has 2 N–H and O–H groups in total. The molecule has 2 rings (SSSR count). The van der Waals surface area contributed by atoms with Crippen LogP contribution in [0.1, 0.15) is 10.4 Å². The first-order valence-corrected chi connectivity index (χ1v) is 5.45. The van der Waals surface area contributed by atoms with Gasteiger partial charge in [0.05, 0.1) is 12.7 Å². The SMILES string of the molecule is COc1n[nH]c(NC(=O)c2ccc(Cl)nc2Cl)n1. The Morgan fingerprint density at radius 1 is 1.39 bits per heavy atom.